The van der Waals surface area contributed by atoms with Crippen LogP contribution in [0.1, 0.15) is 33.1 Å². The molecule has 0 aromatic carbocycles. The lowest BCUT2D eigenvalue weighted by Crippen LogP contribution is -2.58. The normalized spacial score (nSPS) is 35.4. The van der Waals surface area contributed by atoms with Crippen LogP contribution in [0, 0.1) is 0 Å². The van der Waals surface area contributed by atoms with Crippen LogP contribution in [0.25, 0.3) is 0 Å². The summed E-state index contributed by atoms with van der Waals surface area (Å²) in [5, 5.41) is 0. The Morgan fingerprint density at radius 3 is 2.68 bits per heavy atom. The Morgan fingerprint density at radius 1 is 1.26 bits per heavy atom. The van der Waals surface area contributed by atoms with Gasteiger partial charge in [-0.3, -0.25) is 0 Å². The first-order valence-electron chi connectivity index (χ1n) is 7.07. The van der Waals surface area contributed by atoms with Crippen LogP contribution < -0.4 is 5.73 Å². The molecule has 112 valence electrons. The zero-order chi connectivity index (χ0) is 14.0. The molecular formula is C12H25N3O3S. The highest BCUT2D eigenvalue weighted by atomic mass is 32.2. The third kappa shape index (κ3) is 3.11. The summed E-state index contributed by atoms with van der Waals surface area (Å²) in [6, 6.07) is -0.161. The summed E-state index contributed by atoms with van der Waals surface area (Å²) in [5.41, 5.74) is 5.73. The minimum absolute atomic E-state index is 0.0490. The van der Waals surface area contributed by atoms with E-state index in [1.807, 2.05) is 13.8 Å². The Morgan fingerprint density at radius 2 is 2.00 bits per heavy atom. The van der Waals surface area contributed by atoms with Crippen LogP contribution in [0.2, 0.25) is 0 Å². The van der Waals surface area contributed by atoms with Crippen molar-refractivity contribution < 1.29 is 13.2 Å². The number of piperidine rings is 1. The highest BCUT2D eigenvalue weighted by Crippen LogP contribution is 2.25. The number of morpholine rings is 1. The molecule has 19 heavy (non-hydrogen) atoms. The van der Waals surface area contributed by atoms with E-state index >= 15 is 0 Å². The molecule has 2 saturated heterocycles. The second kappa shape index (κ2) is 6.05. The van der Waals surface area contributed by atoms with E-state index in [0.29, 0.717) is 26.2 Å². The molecule has 0 bridgehead atoms. The number of rotatable bonds is 3. The van der Waals surface area contributed by atoms with E-state index in [1.54, 1.807) is 8.61 Å². The molecule has 2 aliphatic rings. The van der Waals surface area contributed by atoms with Gasteiger partial charge in [0.15, 0.2) is 0 Å². The first-order chi connectivity index (χ1) is 8.96. The fraction of sp³-hybridized carbons (Fsp3) is 1.00. The topological polar surface area (TPSA) is 75.9 Å². The first kappa shape index (κ1) is 15.2. The van der Waals surface area contributed by atoms with Gasteiger partial charge in [-0.2, -0.15) is 17.0 Å². The largest absolute Gasteiger partial charge is 0.375 e. The summed E-state index contributed by atoms with van der Waals surface area (Å²) < 4.78 is 34.3. The van der Waals surface area contributed by atoms with Crippen LogP contribution in [-0.2, 0) is 14.9 Å². The van der Waals surface area contributed by atoms with E-state index in [-0.39, 0.29) is 18.2 Å². The Balaban J connectivity index is 2.19. The Hall–Kier alpha value is -0.210. The van der Waals surface area contributed by atoms with Gasteiger partial charge in [-0.05, 0) is 26.7 Å². The van der Waals surface area contributed by atoms with Crippen molar-refractivity contribution in [3.05, 3.63) is 0 Å². The average molecular weight is 291 g/mol. The second-order valence-corrected chi connectivity index (χ2v) is 7.40. The fourth-order valence-corrected chi connectivity index (χ4v) is 4.95. The summed E-state index contributed by atoms with van der Waals surface area (Å²) in [6.07, 6.45) is 2.80. The van der Waals surface area contributed by atoms with Crippen molar-refractivity contribution in [1.82, 2.24) is 8.61 Å². The molecule has 3 atom stereocenters. The predicted molar refractivity (Wildman–Crippen MR) is 73.9 cm³/mol. The molecular weight excluding hydrogens is 266 g/mol. The summed E-state index contributed by atoms with van der Waals surface area (Å²) in [7, 11) is -3.42. The van der Waals surface area contributed by atoms with Gasteiger partial charge in [0.05, 0.1) is 12.7 Å². The Labute approximate surface area is 116 Å². The van der Waals surface area contributed by atoms with Crippen LogP contribution in [0.5, 0.6) is 0 Å². The summed E-state index contributed by atoms with van der Waals surface area (Å²) in [5.74, 6) is 0. The number of ether oxygens (including phenoxy) is 1. The smallest absolute Gasteiger partial charge is 0.282 e. The molecule has 6 nitrogen and oxygen atoms in total. The zero-order valence-corrected chi connectivity index (χ0v) is 12.6. The molecule has 0 amide bonds. The third-order valence-electron chi connectivity index (χ3n) is 3.99. The van der Waals surface area contributed by atoms with Crippen molar-refractivity contribution in [3.8, 4) is 0 Å². The van der Waals surface area contributed by atoms with Crippen molar-refractivity contribution in [2.24, 2.45) is 5.73 Å². The maximum Gasteiger partial charge on any atom is 0.282 e. The van der Waals surface area contributed by atoms with Crippen LogP contribution >= 0.6 is 0 Å². The molecule has 0 spiro atoms. The van der Waals surface area contributed by atoms with Gasteiger partial charge in [-0.15, -0.1) is 0 Å². The molecule has 0 aromatic rings. The van der Waals surface area contributed by atoms with E-state index in [0.717, 1.165) is 19.3 Å². The van der Waals surface area contributed by atoms with Gasteiger partial charge < -0.3 is 10.5 Å². The zero-order valence-electron chi connectivity index (χ0n) is 11.8. The van der Waals surface area contributed by atoms with E-state index in [1.165, 1.54) is 0 Å². The monoisotopic (exact) mass is 291 g/mol. The molecule has 0 saturated carbocycles. The molecule has 0 radical (unpaired) electrons. The summed E-state index contributed by atoms with van der Waals surface area (Å²) in [6.45, 7) is 5.67. The lowest BCUT2D eigenvalue weighted by molar-refractivity contribution is -0.0198. The predicted octanol–water partition coefficient (Wildman–Crippen LogP) is 0.154. The van der Waals surface area contributed by atoms with Crippen molar-refractivity contribution in [1.29, 1.82) is 0 Å². The van der Waals surface area contributed by atoms with Gasteiger partial charge in [0.2, 0.25) is 0 Å². The van der Waals surface area contributed by atoms with E-state index in [2.05, 4.69) is 0 Å². The van der Waals surface area contributed by atoms with Crippen LogP contribution in [0.4, 0.5) is 0 Å². The van der Waals surface area contributed by atoms with Crippen molar-refractivity contribution in [2.75, 3.05) is 26.2 Å². The number of nitrogens with zero attached hydrogens (tertiary/aromatic N) is 2. The van der Waals surface area contributed by atoms with Gasteiger partial charge in [0.1, 0.15) is 0 Å². The Bertz CT molecular complexity index is 393. The molecule has 0 aromatic heterocycles. The standard InChI is InChI=1S/C12H25N3O3S/c1-10-9-18-11(2)8-15(10)19(16,17)14-6-4-3-5-12(14)7-13/h10-12H,3-9,13H2,1-2H3/t10-,11+,12+/m0/s1. The molecule has 2 heterocycles. The molecule has 2 aliphatic heterocycles. The SMILES string of the molecule is C[C@@H]1CN(S(=O)(=O)N2CCCC[C@@H]2CN)[C@@H](C)CO1. The Kier molecular flexibility index (Phi) is 4.84. The second-order valence-electron chi connectivity index (χ2n) is 5.57. The first-order valence-corrected chi connectivity index (χ1v) is 8.46. The van der Waals surface area contributed by atoms with Gasteiger partial charge in [-0.25, -0.2) is 0 Å². The fourth-order valence-electron chi connectivity index (χ4n) is 2.84. The van der Waals surface area contributed by atoms with Crippen LogP contribution in [0.3, 0.4) is 0 Å². The van der Waals surface area contributed by atoms with E-state index in [9.17, 15) is 8.42 Å². The highest BCUT2D eigenvalue weighted by molar-refractivity contribution is 7.86. The summed E-state index contributed by atoms with van der Waals surface area (Å²) >= 11 is 0. The van der Waals surface area contributed by atoms with Crippen LogP contribution in [0.15, 0.2) is 0 Å². The van der Waals surface area contributed by atoms with Gasteiger partial charge in [0.25, 0.3) is 10.2 Å². The van der Waals surface area contributed by atoms with Crippen molar-refractivity contribution >= 4 is 10.2 Å². The lowest BCUT2D eigenvalue weighted by Gasteiger charge is -2.42. The highest BCUT2D eigenvalue weighted by Gasteiger charge is 2.40. The molecule has 0 aliphatic carbocycles. The molecule has 2 N–H and O–H groups in total. The molecule has 2 fully saturated rings. The van der Waals surface area contributed by atoms with Gasteiger partial charge in [0, 0.05) is 31.7 Å². The third-order valence-corrected chi connectivity index (χ3v) is 6.16. The maximum absolute atomic E-state index is 12.8. The van der Waals surface area contributed by atoms with Gasteiger partial charge >= 0.3 is 0 Å². The molecule has 7 heteroatoms. The summed E-state index contributed by atoms with van der Waals surface area (Å²) in [4.78, 5) is 0. The maximum atomic E-state index is 12.8. The number of hydrogen-bond acceptors (Lipinski definition) is 4. The number of nitrogens with two attached hydrogens (primary N) is 1. The van der Waals surface area contributed by atoms with Gasteiger partial charge in [-0.1, -0.05) is 6.42 Å². The average Bonchev–Trinajstić information content (AvgIpc) is 2.41. The van der Waals surface area contributed by atoms with E-state index in [4.69, 9.17) is 10.5 Å². The minimum Gasteiger partial charge on any atom is -0.375 e. The molecule has 0 unspecified atom stereocenters. The lowest BCUT2D eigenvalue weighted by atomic mass is 10.1. The van der Waals surface area contributed by atoms with Crippen LogP contribution in [-0.4, -0.2) is 61.5 Å². The quantitative estimate of drug-likeness (QED) is 0.803. The molecule has 2 rings (SSSR count). The van der Waals surface area contributed by atoms with Crippen molar-refractivity contribution in [2.45, 2.75) is 51.3 Å². The number of hydrogen-bond donors (Lipinski definition) is 1. The minimum atomic E-state index is -3.42. The van der Waals surface area contributed by atoms with E-state index < -0.39 is 10.2 Å². The van der Waals surface area contributed by atoms with Crippen molar-refractivity contribution in [3.63, 3.8) is 0 Å².